The van der Waals surface area contributed by atoms with E-state index >= 15 is 0 Å². The first-order valence-electron chi connectivity index (χ1n) is 6.96. The molecule has 1 amide bonds. The minimum Gasteiger partial charge on any atom is -0.298 e. The summed E-state index contributed by atoms with van der Waals surface area (Å²) in [6.45, 7) is 0. The van der Waals surface area contributed by atoms with E-state index in [9.17, 15) is 4.79 Å². The lowest BCUT2D eigenvalue weighted by Crippen LogP contribution is -2.07. The Morgan fingerprint density at radius 1 is 1.09 bits per heavy atom. The Kier molecular flexibility index (Phi) is 5.00. The topological polar surface area (TPSA) is 42.0 Å². The molecule has 3 aromatic rings. The molecule has 0 aliphatic heterocycles. The van der Waals surface area contributed by atoms with Crippen LogP contribution in [0.25, 0.3) is 17.3 Å². The standard InChI is InChI=1S/C18H13BrN2OS/c19-15-9-7-14(8-10-15)16-12-23-18(20-16)21-17(22)11-6-13-4-2-1-3-5-13/h1-12H,(H,20,21,22). The number of halogens is 1. The molecule has 0 unspecified atom stereocenters. The smallest absolute Gasteiger partial charge is 0.250 e. The van der Waals surface area contributed by atoms with E-state index in [1.54, 1.807) is 6.08 Å². The molecule has 3 nitrogen and oxygen atoms in total. The van der Waals surface area contributed by atoms with Crippen LogP contribution in [0.4, 0.5) is 5.13 Å². The Hall–Kier alpha value is -2.24. The van der Waals surface area contributed by atoms with E-state index in [0.29, 0.717) is 5.13 Å². The van der Waals surface area contributed by atoms with E-state index < -0.39 is 0 Å². The fraction of sp³-hybridized carbons (Fsp3) is 0. The van der Waals surface area contributed by atoms with Gasteiger partial charge in [-0.15, -0.1) is 11.3 Å². The summed E-state index contributed by atoms with van der Waals surface area (Å²) in [4.78, 5) is 16.4. The summed E-state index contributed by atoms with van der Waals surface area (Å²) in [5.74, 6) is -0.189. The van der Waals surface area contributed by atoms with Crippen LogP contribution in [0.2, 0.25) is 0 Å². The second kappa shape index (κ2) is 7.35. The van der Waals surface area contributed by atoms with E-state index in [4.69, 9.17) is 0 Å². The van der Waals surface area contributed by atoms with Gasteiger partial charge in [0.05, 0.1) is 5.69 Å². The SMILES string of the molecule is O=C(C=Cc1ccccc1)Nc1nc(-c2ccc(Br)cc2)cs1. The normalized spacial score (nSPS) is 10.8. The number of hydrogen-bond acceptors (Lipinski definition) is 3. The van der Waals surface area contributed by atoms with Crippen molar-refractivity contribution in [2.24, 2.45) is 0 Å². The van der Waals surface area contributed by atoms with E-state index in [-0.39, 0.29) is 5.91 Å². The monoisotopic (exact) mass is 384 g/mol. The zero-order valence-corrected chi connectivity index (χ0v) is 14.5. The van der Waals surface area contributed by atoms with Crippen molar-refractivity contribution in [2.45, 2.75) is 0 Å². The highest BCUT2D eigenvalue weighted by molar-refractivity contribution is 9.10. The molecular formula is C18H13BrN2OS. The third-order valence-electron chi connectivity index (χ3n) is 3.10. The number of benzene rings is 2. The molecule has 0 aliphatic carbocycles. The molecule has 114 valence electrons. The van der Waals surface area contributed by atoms with Crippen molar-refractivity contribution < 1.29 is 4.79 Å². The van der Waals surface area contributed by atoms with E-state index in [0.717, 1.165) is 21.3 Å². The lowest BCUT2D eigenvalue weighted by Gasteiger charge is -1.98. The predicted molar refractivity (Wildman–Crippen MR) is 99.4 cm³/mol. The van der Waals surface area contributed by atoms with Crippen molar-refractivity contribution in [1.82, 2.24) is 4.98 Å². The van der Waals surface area contributed by atoms with E-state index in [2.05, 4.69) is 26.2 Å². The molecule has 0 radical (unpaired) electrons. The number of carbonyl (C=O) groups is 1. The number of thiazole rings is 1. The quantitative estimate of drug-likeness (QED) is 0.626. The van der Waals surface area contributed by atoms with Crippen molar-refractivity contribution in [3.8, 4) is 11.3 Å². The molecule has 3 rings (SSSR count). The summed E-state index contributed by atoms with van der Waals surface area (Å²) in [5, 5.41) is 5.30. The number of nitrogens with zero attached hydrogens (tertiary/aromatic N) is 1. The van der Waals surface area contributed by atoms with Crippen LogP contribution in [0.5, 0.6) is 0 Å². The fourth-order valence-electron chi connectivity index (χ4n) is 1.97. The summed E-state index contributed by atoms with van der Waals surface area (Å²) < 4.78 is 1.02. The third-order valence-corrected chi connectivity index (χ3v) is 4.39. The molecule has 2 aromatic carbocycles. The molecular weight excluding hydrogens is 372 g/mol. The molecule has 5 heteroatoms. The highest BCUT2D eigenvalue weighted by atomic mass is 79.9. The number of hydrogen-bond donors (Lipinski definition) is 1. The van der Waals surface area contributed by atoms with Crippen LogP contribution < -0.4 is 5.32 Å². The van der Waals surface area contributed by atoms with Crippen LogP contribution in [0, 0.1) is 0 Å². The van der Waals surface area contributed by atoms with Crippen molar-refractivity contribution in [2.75, 3.05) is 5.32 Å². The molecule has 0 saturated heterocycles. The predicted octanol–water partition coefficient (Wildman–Crippen LogP) is 5.22. The molecule has 0 saturated carbocycles. The molecule has 1 aromatic heterocycles. The Morgan fingerprint density at radius 3 is 2.57 bits per heavy atom. The van der Waals surface area contributed by atoms with E-state index in [1.165, 1.54) is 17.4 Å². The van der Waals surface area contributed by atoms with Gasteiger partial charge in [-0.2, -0.15) is 0 Å². The summed E-state index contributed by atoms with van der Waals surface area (Å²) in [5.41, 5.74) is 2.85. The molecule has 0 aliphatic rings. The molecule has 0 atom stereocenters. The largest absolute Gasteiger partial charge is 0.298 e. The number of anilines is 1. The third kappa shape index (κ3) is 4.37. The Balaban J connectivity index is 1.66. The average Bonchev–Trinajstić information content (AvgIpc) is 3.03. The Morgan fingerprint density at radius 2 is 1.83 bits per heavy atom. The van der Waals surface area contributed by atoms with Gasteiger partial charge >= 0.3 is 0 Å². The minimum absolute atomic E-state index is 0.189. The van der Waals surface area contributed by atoms with Gasteiger partial charge in [0, 0.05) is 21.5 Å². The zero-order valence-electron chi connectivity index (χ0n) is 12.1. The van der Waals surface area contributed by atoms with Gasteiger partial charge in [0.15, 0.2) is 5.13 Å². The van der Waals surface area contributed by atoms with Gasteiger partial charge in [-0.05, 0) is 23.8 Å². The first-order chi connectivity index (χ1) is 11.2. The molecule has 0 spiro atoms. The highest BCUT2D eigenvalue weighted by Gasteiger charge is 2.06. The van der Waals surface area contributed by atoms with Crippen molar-refractivity contribution in [1.29, 1.82) is 0 Å². The second-order valence-electron chi connectivity index (χ2n) is 4.78. The molecule has 0 fully saturated rings. The van der Waals surface area contributed by atoms with Gasteiger partial charge in [0.1, 0.15) is 0 Å². The maximum absolute atomic E-state index is 11.9. The van der Waals surface area contributed by atoms with Crippen LogP contribution >= 0.6 is 27.3 Å². The maximum atomic E-state index is 11.9. The summed E-state index contributed by atoms with van der Waals surface area (Å²) in [6.07, 6.45) is 3.29. The van der Waals surface area contributed by atoms with Gasteiger partial charge in [-0.1, -0.05) is 58.4 Å². The van der Waals surface area contributed by atoms with Gasteiger partial charge < -0.3 is 0 Å². The Labute approximate surface area is 146 Å². The van der Waals surface area contributed by atoms with Gasteiger partial charge in [-0.25, -0.2) is 4.98 Å². The highest BCUT2D eigenvalue weighted by Crippen LogP contribution is 2.26. The first-order valence-corrected chi connectivity index (χ1v) is 8.63. The van der Waals surface area contributed by atoms with Gasteiger partial charge in [-0.3, -0.25) is 10.1 Å². The van der Waals surface area contributed by atoms with Crippen molar-refractivity contribution in [3.05, 3.63) is 76.1 Å². The second-order valence-corrected chi connectivity index (χ2v) is 6.55. The van der Waals surface area contributed by atoms with Crippen LogP contribution in [-0.2, 0) is 4.79 Å². The molecule has 23 heavy (non-hydrogen) atoms. The van der Waals surface area contributed by atoms with Crippen molar-refractivity contribution in [3.63, 3.8) is 0 Å². The molecule has 1 N–H and O–H groups in total. The number of amides is 1. The van der Waals surface area contributed by atoms with Gasteiger partial charge in [0.2, 0.25) is 5.91 Å². The number of carbonyl (C=O) groups excluding carboxylic acids is 1. The summed E-state index contributed by atoms with van der Waals surface area (Å²) in [6, 6.07) is 17.6. The summed E-state index contributed by atoms with van der Waals surface area (Å²) in [7, 11) is 0. The molecule has 1 heterocycles. The van der Waals surface area contributed by atoms with Crippen LogP contribution in [0.3, 0.4) is 0 Å². The number of rotatable bonds is 4. The average molecular weight is 385 g/mol. The fourth-order valence-corrected chi connectivity index (χ4v) is 2.95. The van der Waals surface area contributed by atoms with Crippen LogP contribution in [0.15, 0.2) is 70.5 Å². The lowest BCUT2D eigenvalue weighted by molar-refractivity contribution is -0.111. The molecule has 0 bridgehead atoms. The van der Waals surface area contributed by atoms with E-state index in [1.807, 2.05) is 60.0 Å². The summed E-state index contributed by atoms with van der Waals surface area (Å²) >= 11 is 4.82. The number of aromatic nitrogens is 1. The lowest BCUT2D eigenvalue weighted by atomic mass is 10.2. The van der Waals surface area contributed by atoms with Crippen LogP contribution in [-0.4, -0.2) is 10.9 Å². The number of nitrogens with one attached hydrogen (secondary N) is 1. The van der Waals surface area contributed by atoms with Crippen molar-refractivity contribution >= 4 is 44.4 Å². The zero-order chi connectivity index (χ0) is 16.1. The van der Waals surface area contributed by atoms with Crippen LogP contribution in [0.1, 0.15) is 5.56 Å². The van der Waals surface area contributed by atoms with Gasteiger partial charge in [0.25, 0.3) is 0 Å². The maximum Gasteiger partial charge on any atom is 0.250 e. The Bertz CT molecular complexity index is 826. The first kappa shape index (κ1) is 15.6. The minimum atomic E-state index is -0.189.